The lowest BCUT2D eigenvalue weighted by Crippen LogP contribution is -2.32. The molecule has 1 atom stereocenters. The molecule has 0 bridgehead atoms. The van der Waals surface area contributed by atoms with Crippen LogP contribution in [-0.2, 0) is 14.3 Å². The van der Waals surface area contributed by atoms with Crippen LogP contribution in [0, 0.1) is 13.8 Å². The molecule has 1 unspecified atom stereocenters. The summed E-state index contributed by atoms with van der Waals surface area (Å²) in [6.45, 7) is 4.53. The third-order valence-electron chi connectivity index (χ3n) is 5.56. The number of nitrogens with one attached hydrogen (secondary N) is 1. The van der Waals surface area contributed by atoms with Gasteiger partial charge < -0.3 is 19.6 Å². The zero-order valence-electron chi connectivity index (χ0n) is 18.9. The molecular formula is C23H28N4O5. The van der Waals surface area contributed by atoms with Crippen LogP contribution in [0.2, 0.25) is 0 Å². The molecule has 9 heteroatoms. The van der Waals surface area contributed by atoms with E-state index in [1.807, 2.05) is 19.0 Å². The molecule has 1 amide bonds. The highest BCUT2D eigenvalue weighted by Crippen LogP contribution is 2.40. The molecule has 1 aromatic heterocycles. The number of aliphatic hydroxyl groups excluding tert-OH is 1. The summed E-state index contributed by atoms with van der Waals surface area (Å²) in [5, 5.41) is 18.0. The number of hydrogen-bond donors (Lipinski definition) is 2. The number of aromatic nitrogens is 2. The van der Waals surface area contributed by atoms with Gasteiger partial charge in [-0.15, -0.1) is 0 Å². The Hall–Kier alpha value is -3.46. The number of aryl methyl sites for hydroxylation is 2. The zero-order chi connectivity index (χ0) is 23.6. The number of nitrogens with zero attached hydrogens (tertiary/aromatic N) is 3. The topological polar surface area (TPSA) is 116 Å². The summed E-state index contributed by atoms with van der Waals surface area (Å²) in [5.41, 5.74) is 2.51. The minimum atomic E-state index is -0.780. The van der Waals surface area contributed by atoms with E-state index >= 15 is 0 Å². The minimum Gasteiger partial charge on any atom is -0.507 e. The van der Waals surface area contributed by atoms with Gasteiger partial charge in [0, 0.05) is 12.2 Å². The lowest BCUT2D eigenvalue weighted by Gasteiger charge is -2.26. The number of ketones is 1. The number of methoxy groups -OCH3 is 1. The monoisotopic (exact) mass is 440 g/mol. The standard InChI is InChI=1S/C23H28N4O5/c1-13-17(14(2)25-24-13)20(28)18-19(15-7-9-16(10-8-15)23(31)32-5)27(22(30)21(18)29)12-6-11-26(3)4/h7-10,19,28H,6,11-12H2,1-5H3,(H,24,25)/b20-18+. The fraction of sp³-hybridized carbons (Fsp3) is 0.391. The number of Topliss-reactive ketones (excluding diaryl/α,β-unsaturated/α-hetero) is 1. The van der Waals surface area contributed by atoms with Crippen LogP contribution in [0.15, 0.2) is 29.8 Å². The number of hydrogen-bond acceptors (Lipinski definition) is 7. The first-order valence-electron chi connectivity index (χ1n) is 10.3. The summed E-state index contributed by atoms with van der Waals surface area (Å²) in [6, 6.07) is 5.72. The highest BCUT2D eigenvalue weighted by molar-refractivity contribution is 6.46. The van der Waals surface area contributed by atoms with E-state index in [0.29, 0.717) is 41.0 Å². The molecule has 9 nitrogen and oxygen atoms in total. The third kappa shape index (κ3) is 4.29. The normalized spacial score (nSPS) is 17.9. The van der Waals surface area contributed by atoms with E-state index in [1.54, 1.807) is 38.1 Å². The fourth-order valence-electron chi connectivity index (χ4n) is 3.97. The number of carbonyl (C=O) groups excluding carboxylic acids is 3. The number of rotatable bonds is 7. The van der Waals surface area contributed by atoms with E-state index in [9.17, 15) is 19.5 Å². The van der Waals surface area contributed by atoms with Crippen LogP contribution < -0.4 is 0 Å². The SMILES string of the molecule is COC(=O)c1ccc(C2/C(=C(\O)c3c(C)n[nH]c3C)C(=O)C(=O)N2CCCN(C)C)cc1. The number of H-pyrrole nitrogens is 1. The minimum absolute atomic E-state index is 0.0123. The van der Waals surface area contributed by atoms with E-state index < -0.39 is 23.7 Å². The van der Waals surface area contributed by atoms with Gasteiger partial charge in [-0.05, 0) is 58.6 Å². The molecule has 2 heterocycles. The van der Waals surface area contributed by atoms with Gasteiger partial charge >= 0.3 is 5.97 Å². The lowest BCUT2D eigenvalue weighted by molar-refractivity contribution is -0.139. The number of esters is 1. The Bertz CT molecular complexity index is 1050. The van der Waals surface area contributed by atoms with Crippen molar-refractivity contribution in [1.82, 2.24) is 20.0 Å². The summed E-state index contributed by atoms with van der Waals surface area (Å²) >= 11 is 0. The van der Waals surface area contributed by atoms with Crippen molar-refractivity contribution in [3.63, 3.8) is 0 Å². The summed E-state index contributed by atoms with van der Waals surface area (Å²) in [6.07, 6.45) is 0.653. The van der Waals surface area contributed by atoms with Crippen molar-refractivity contribution in [3.8, 4) is 0 Å². The predicted octanol–water partition coefficient (Wildman–Crippen LogP) is 2.19. The maximum absolute atomic E-state index is 13.1. The molecule has 1 fully saturated rings. The number of carbonyl (C=O) groups is 3. The molecule has 1 aliphatic heterocycles. The molecule has 1 saturated heterocycles. The molecule has 32 heavy (non-hydrogen) atoms. The maximum Gasteiger partial charge on any atom is 0.337 e. The molecule has 3 rings (SSSR count). The van der Waals surface area contributed by atoms with Crippen molar-refractivity contribution in [3.05, 3.63) is 57.9 Å². The van der Waals surface area contributed by atoms with E-state index in [0.717, 1.165) is 6.54 Å². The molecule has 0 spiro atoms. The Labute approximate surface area is 186 Å². The summed E-state index contributed by atoms with van der Waals surface area (Å²) in [7, 11) is 5.16. The first-order valence-corrected chi connectivity index (χ1v) is 10.3. The van der Waals surface area contributed by atoms with Gasteiger partial charge in [0.25, 0.3) is 11.7 Å². The quantitative estimate of drug-likeness (QED) is 0.293. The number of aliphatic hydroxyl groups is 1. The van der Waals surface area contributed by atoms with E-state index in [2.05, 4.69) is 10.2 Å². The smallest absolute Gasteiger partial charge is 0.337 e. The second-order valence-electron chi connectivity index (χ2n) is 8.07. The molecule has 0 saturated carbocycles. The van der Waals surface area contributed by atoms with Crippen molar-refractivity contribution in [2.45, 2.75) is 26.3 Å². The van der Waals surface area contributed by atoms with Crippen molar-refractivity contribution >= 4 is 23.4 Å². The van der Waals surface area contributed by atoms with Crippen LogP contribution in [-0.4, -0.2) is 77.1 Å². The number of ether oxygens (including phenoxy) is 1. The first-order chi connectivity index (χ1) is 15.2. The average molecular weight is 441 g/mol. The van der Waals surface area contributed by atoms with Crippen molar-refractivity contribution < 1.29 is 24.2 Å². The first kappa shape index (κ1) is 23.2. The van der Waals surface area contributed by atoms with Crippen LogP contribution in [0.25, 0.3) is 5.76 Å². The van der Waals surface area contributed by atoms with E-state index in [1.165, 1.54) is 12.0 Å². The van der Waals surface area contributed by atoms with Crippen molar-refractivity contribution in [2.75, 3.05) is 34.3 Å². The summed E-state index contributed by atoms with van der Waals surface area (Å²) in [4.78, 5) is 41.3. The lowest BCUT2D eigenvalue weighted by atomic mass is 9.94. The van der Waals surface area contributed by atoms with Gasteiger partial charge in [-0.25, -0.2) is 4.79 Å². The van der Waals surface area contributed by atoms with Gasteiger partial charge in [0.1, 0.15) is 5.76 Å². The number of aromatic amines is 1. The zero-order valence-corrected chi connectivity index (χ0v) is 18.9. The van der Waals surface area contributed by atoms with Crippen LogP contribution in [0.3, 0.4) is 0 Å². The summed E-state index contributed by atoms with van der Waals surface area (Å²) in [5.74, 6) is -2.15. The van der Waals surface area contributed by atoms with Crippen LogP contribution in [0.5, 0.6) is 0 Å². The predicted molar refractivity (Wildman–Crippen MR) is 118 cm³/mol. The van der Waals surface area contributed by atoms with Crippen LogP contribution in [0.4, 0.5) is 0 Å². The molecule has 170 valence electrons. The van der Waals surface area contributed by atoms with Crippen LogP contribution in [0.1, 0.15) is 45.3 Å². The van der Waals surface area contributed by atoms with Gasteiger partial charge in [-0.3, -0.25) is 14.7 Å². The third-order valence-corrected chi connectivity index (χ3v) is 5.56. The van der Waals surface area contributed by atoms with Gasteiger partial charge in [-0.2, -0.15) is 5.10 Å². The largest absolute Gasteiger partial charge is 0.507 e. The molecule has 2 aromatic rings. The number of benzene rings is 1. The molecular weight excluding hydrogens is 412 g/mol. The highest BCUT2D eigenvalue weighted by atomic mass is 16.5. The highest BCUT2D eigenvalue weighted by Gasteiger charge is 2.46. The Balaban J connectivity index is 2.12. The van der Waals surface area contributed by atoms with Gasteiger partial charge in [-0.1, -0.05) is 12.1 Å². The Morgan fingerprint density at radius 2 is 1.88 bits per heavy atom. The molecule has 2 N–H and O–H groups in total. The van der Waals surface area contributed by atoms with Gasteiger partial charge in [0.2, 0.25) is 0 Å². The Morgan fingerprint density at radius 3 is 2.41 bits per heavy atom. The van der Waals surface area contributed by atoms with Gasteiger partial charge in [0.15, 0.2) is 0 Å². The molecule has 0 aliphatic carbocycles. The second-order valence-corrected chi connectivity index (χ2v) is 8.07. The number of likely N-dealkylation sites (tertiary alicyclic amines) is 1. The second kappa shape index (κ2) is 9.35. The van der Waals surface area contributed by atoms with E-state index in [4.69, 9.17) is 4.74 Å². The van der Waals surface area contributed by atoms with E-state index in [-0.39, 0.29) is 11.3 Å². The Kier molecular flexibility index (Phi) is 6.78. The molecule has 0 radical (unpaired) electrons. The Morgan fingerprint density at radius 1 is 1.22 bits per heavy atom. The molecule has 1 aliphatic rings. The van der Waals surface area contributed by atoms with Gasteiger partial charge in [0.05, 0.1) is 35.5 Å². The maximum atomic E-state index is 13.1. The van der Waals surface area contributed by atoms with Crippen molar-refractivity contribution in [2.24, 2.45) is 0 Å². The molecule has 1 aromatic carbocycles. The average Bonchev–Trinajstić information content (AvgIpc) is 3.23. The summed E-state index contributed by atoms with van der Waals surface area (Å²) < 4.78 is 4.75. The number of amides is 1. The fourth-order valence-corrected chi connectivity index (χ4v) is 3.97. The van der Waals surface area contributed by atoms with Crippen molar-refractivity contribution in [1.29, 1.82) is 0 Å². The van der Waals surface area contributed by atoms with Crippen LogP contribution >= 0.6 is 0 Å².